The molecule has 1 aromatic rings. The summed E-state index contributed by atoms with van der Waals surface area (Å²) in [6, 6.07) is 9.53. The summed E-state index contributed by atoms with van der Waals surface area (Å²) in [6.45, 7) is 3.42. The fourth-order valence-electron chi connectivity index (χ4n) is 1.64. The van der Waals surface area contributed by atoms with Crippen molar-refractivity contribution in [3.8, 4) is 0 Å². The predicted octanol–water partition coefficient (Wildman–Crippen LogP) is 1.83. The summed E-state index contributed by atoms with van der Waals surface area (Å²) >= 11 is 0. The van der Waals surface area contributed by atoms with E-state index in [4.69, 9.17) is 9.47 Å². The van der Waals surface area contributed by atoms with Crippen LogP contribution in [0.1, 0.15) is 31.7 Å². The fraction of sp³-hybridized carbons (Fsp3) is 0.438. The Morgan fingerprint density at radius 2 is 1.55 bits per heavy atom. The van der Waals surface area contributed by atoms with Crippen LogP contribution in [-0.2, 0) is 28.6 Å². The van der Waals surface area contributed by atoms with Crippen molar-refractivity contribution in [3.63, 3.8) is 0 Å². The standard InChI is InChI=1S/C16H20O6/c1-12(14-7-4-3-5-8-14)11-22-16(19)15(18)21-10-6-9-20-13(2)17/h3-5,7-8,12H,6,9-11H2,1-2H3. The van der Waals surface area contributed by atoms with E-state index in [9.17, 15) is 14.4 Å². The van der Waals surface area contributed by atoms with Crippen LogP contribution in [0.25, 0.3) is 0 Å². The Morgan fingerprint density at radius 1 is 0.955 bits per heavy atom. The number of carbonyl (C=O) groups is 3. The smallest absolute Gasteiger partial charge is 0.417 e. The Hall–Kier alpha value is -2.37. The van der Waals surface area contributed by atoms with Crippen LogP contribution in [0.15, 0.2) is 30.3 Å². The average Bonchev–Trinajstić information content (AvgIpc) is 2.52. The third-order valence-corrected chi connectivity index (χ3v) is 2.83. The predicted molar refractivity (Wildman–Crippen MR) is 78.0 cm³/mol. The van der Waals surface area contributed by atoms with E-state index in [1.165, 1.54) is 6.92 Å². The molecule has 0 spiro atoms. The normalized spacial score (nSPS) is 11.4. The van der Waals surface area contributed by atoms with Gasteiger partial charge in [-0.1, -0.05) is 37.3 Å². The molecule has 0 aromatic heterocycles. The molecule has 0 amide bonds. The number of hydrogen-bond donors (Lipinski definition) is 0. The van der Waals surface area contributed by atoms with Gasteiger partial charge in [-0.2, -0.15) is 0 Å². The number of benzene rings is 1. The molecule has 0 bridgehead atoms. The maximum Gasteiger partial charge on any atom is 0.417 e. The van der Waals surface area contributed by atoms with E-state index >= 15 is 0 Å². The first-order valence-corrected chi connectivity index (χ1v) is 7.03. The Bertz CT molecular complexity index is 497. The molecule has 0 heterocycles. The first kappa shape index (κ1) is 17.7. The zero-order valence-electron chi connectivity index (χ0n) is 12.7. The molecular weight excluding hydrogens is 288 g/mol. The molecule has 0 saturated carbocycles. The molecule has 0 radical (unpaired) electrons. The van der Waals surface area contributed by atoms with Crippen molar-refractivity contribution >= 4 is 17.9 Å². The molecule has 0 aliphatic rings. The number of ether oxygens (including phenoxy) is 3. The van der Waals surface area contributed by atoms with Gasteiger partial charge in [0.15, 0.2) is 0 Å². The monoisotopic (exact) mass is 308 g/mol. The second kappa shape index (κ2) is 9.55. The van der Waals surface area contributed by atoms with Gasteiger partial charge < -0.3 is 14.2 Å². The largest absolute Gasteiger partial charge is 0.466 e. The number of carbonyl (C=O) groups excluding carboxylic acids is 3. The summed E-state index contributed by atoms with van der Waals surface area (Å²) in [4.78, 5) is 33.4. The van der Waals surface area contributed by atoms with E-state index in [0.717, 1.165) is 5.56 Å². The fourth-order valence-corrected chi connectivity index (χ4v) is 1.64. The maximum atomic E-state index is 11.5. The third kappa shape index (κ3) is 6.88. The van der Waals surface area contributed by atoms with Crippen LogP contribution in [0.2, 0.25) is 0 Å². The summed E-state index contributed by atoms with van der Waals surface area (Å²) in [5.41, 5.74) is 1.02. The zero-order valence-corrected chi connectivity index (χ0v) is 12.7. The third-order valence-electron chi connectivity index (χ3n) is 2.83. The molecule has 6 nitrogen and oxygen atoms in total. The van der Waals surface area contributed by atoms with E-state index < -0.39 is 17.9 Å². The van der Waals surface area contributed by atoms with Crippen LogP contribution in [0, 0.1) is 0 Å². The summed E-state index contributed by atoms with van der Waals surface area (Å²) in [6.07, 6.45) is 0.332. The summed E-state index contributed by atoms with van der Waals surface area (Å²) in [5.74, 6) is -2.47. The van der Waals surface area contributed by atoms with Crippen LogP contribution in [0.4, 0.5) is 0 Å². The van der Waals surface area contributed by atoms with Crippen molar-refractivity contribution in [1.29, 1.82) is 0 Å². The molecule has 0 aliphatic heterocycles. The number of rotatable bonds is 7. The van der Waals surface area contributed by atoms with Crippen LogP contribution < -0.4 is 0 Å². The second-order valence-electron chi connectivity index (χ2n) is 4.74. The lowest BCUT2D eigenvalue weighted by Gasteiger charge is -2.12. The molecule has 0 fully saturated rings. The van der Waals surface area contributed by atoms with Crippen molar-refractivity contribution < 1.29 is 28.6 Å². The first-order chi connectivity index (χ1) is 10.5. The van der Waals surface area contributed by atoms with E-state index in [2.05, 4.69) is 4.74 Å². The quantitative estimate of drug-likeness (QED) is 0.331. The van der Waals surface area contributed by atoms with Crippen LogP contribution in [0.5, 0.6) is 0 Å². The average molecular weight is 308 g/mol. The summed E-state index contributed by atoms with van der Waals surface area (Å²) in [5, 5.41) is 0. The van der Waals surface area contributed by atoms with Gasteiger partial charge in [0.05, 0.1) is 19.8 Å². The lowest BCUT2D eigenvalue weighted by atomic mass is 10.0. The van der Waals surface area contributed by atoms with Crippen LogP contribution in [0.3, 0.4) is 0 Å². The minimum Gasteiger partial charge on any atom is -0.466 e. The van der Waals surface area contributed by atoms with Crippen molar-refractivity contribution in [2.75, 3.05) is 19.8 Å². The molecular formula is C16H20O6. The van der Waals surface area contributed by atoms with Gasteiger partial charge >= 0.3 is 17.9 Å². The van der Waals surface area contributed by atoms with Gasteiger partial charge in [-0.05, 0) is 5.56 Å². The molecule has 1 aromatic carbocycles. The Kier molecular flexibility index (Phi) is 7.67. The van der Waals surface area contributed by atoms with Crippen molar-refractivity contribution in [1.82, 2.24) is 0 Å². The van der Waals surface area contributed by atoms with Crippen molar-refractivity contribution in [2.45, 2.75) is 26.2 Å². The summed E-state index contributed by atoms with van der Waals surface area (Å²) in [7, 11) is 0. The van der Waals surface area contributed by atoms with Crippen molar-refractivity contribution in [2.24, 2.45) is 0 Å². The molecule has 120 valence electrons. The topological polar surface area (TPSA) is 78.9 Å². The van der Waals surface area contributed by atoms with E-state index in [-0.39, 0.29) is 25.7 Å². The van der Waals surface area contributed by atoms with Gasteiger partial charge in [0.2, 0.25) is 0 Å². The molecule has 22 heavy (non-hydrogen) atoms. The van der Waals surface area contributed by atoms with Crippen LogP contribution in [-0.4, -0.2) is 37.7 Å². The van der Waals surface area contributed by atoms with Crippen LogP contribution >= 0.6 is 0 Å². The minimum atomic E-state index is -1.04. The van der Waals surface area contributed by atoms with Gasteiger partial charge in [-0.3, -0.25) is 4.79 Å². The van der Waals surface area contributed by atoms with Gasteiger partial charge in [-0.25, -0.2) is 9.59 Å². The Morgan fingerprint density at radius 3 is 2.18 bits per heavy atom. The molecule has 1 rings (SSSR count). The lowest BCUT2D eigenvalue weighted by molar-refractivity contribution is -0.168. The van der Waals surface area contributed by atoms with E-state index in [0.29, 0.717) is 6.42 Å². The molecule has 1 atom stereocenters. The van der Waals surface area contributed by atoms with Crippen molar-refractivity contribution in [3.05, 3.63) is 35.9 Å². The van der Waals surface area contributed by atoms with E-state index in [1.807, 2.05) is 37.3 Å². The number of esters is 3. The van der Waals surface area contributed by atoms with E-state index in [1.54, 1.807) is 0 Å². The zero-order chi connectivity index (χ0) is 16.4. The van der Waals surface area contributed by atoms with Gasteiger partial charge in [0, 0.05) is 19.3 Å². The maximum absolute atomic E-state index is 11.5. The second-order valence-corrected chi connectivity index (χ2v) is 4.74. The highest BCUT2D eigenvalue weighted by molar-refractivity contribution is 6.29. The van der Waals surface area contributed by atoms with Gasteiger partial charge in [-0.15, -0.1) is 0 Å². The van der Waals surface area contributed by atoms with Gasteiger partial charge in [0.1, 0.15) is 0 Å². The minimum absolute atomic E-state index is 0.00451. The highest BCUT2D eigenvalue weighted by Crippen LogP contribution is 2.14. The Balaban J connectivity index is 2.21. The molecule has 6 heteroatoms. The molecule has 0 aliphatic carbocycles. The number of hydrogen-bond acceptors (Lipinski definition) is 6. The SMILES string of the molecule is CC(=O)OCCCOC(=O)C(=O)OCC(C)c1ccccc1. The van der Waals surface area contributed by atoms with Gasteiger partial charge in [0.25, 0.3) is 0 Å². The molecule has 0 N–H and O–H groups in total. The first-order valence-electron chi connectivity index (χ1n) is 7.03. The Labute approximate surface area is 129 Å². The highest BCUT2D eigenvalue weighted by atomic mass is 16.6. The molecule has 0 saturated heterocycles. The molecule has 1 unspecified atom stereocenters. The lowest BCUT2D eigenvalue weighted by Crippen LogP contribution is -2.23. The summed E-state index contributed by atoms with van der Waals surface area (Å²) < 4.78 is 14.3. The highest BCUT2D eigenvalue weighted by Gasteiger charge is 2.18.